The summed E-state index contributed by atoms with van der Waals surface area (Å²) in [6.45, 7) is 26.5. The second-order valence-electron chi connectivity index (χ2n) is 12.6. The van der Waals surface area contributed by atoms with E-state index in [2.05, 4.69) is 81.4 Å². The van der Waals surface area contributed by atoms with E-state index < -0.39 is 4.87 Å². The largest absolute Gasteiger partial charge is 0.507 e. The van der Waals surface area contributed by atoms with Gasteiger partial charge in [-0.3, -0.25) is 0 Å². The highest BCUT2D eigenvalue weighted by Crippen LogP contribution is 2.48. The topological polar surface area (TPSA) is 20.2 Å². The van der Waals surface area contributed by atoms with Gasteiger partial charge in [-0.15, -0.1) is 11.6 Å². The van der Waals surface area contributed by atoms with E-state index >= 15 is 0 Å². The third-order valence-corrected chi connectivity index (χ3v) is 5.42. The Morgan fingerprint density at radius 1 is 0.667 bits per heavy atom. The van der Waals surface area contributed by atoms with E-state index in [-0.39, 0.29) is 21.7 Å². The number of halogens is 1. The van der Waals surface area contributed by atoms with Gasteiger partial charge in [-0.2, -0.15) is 0 Å². The molecule has 156 valence electrons. The molecule has 1 rings (SSSR count). The Hall–Kier alpha value is -0.690. The molecule has 0 amide bonds. The summed E-state index contributed by atoms with van der Waals surface area (Å²) in [6.07, 6.45) is 1.97. The Labute approximate surface area is 173 Å². The van der Waals surface area contributed by atoms with Gasteiger partial charge in [-0.1, -0.05) is 69.2 Å². The molecule has 0 aliphatic heterocycles. The monoisotopic (exact) mass is 394 g/mol. The van der Waals surface area contributed by atoms with Crippen LogP contribution < -0.4 is 0 Å². The molecule has 27 heavy (non-hydrogen) atoms. The summed E-state index contributed by atoms with van der Waals surface area (Å²) in [7, 11) is 0. The average Bonchev–Trinajstić information content (AvgIpc) is 2.30. The molecular formula is C25H43ClO. The third-order valence-electron chi connectivity index (χ3n) is 5.20. The summed E-state index contributed by atoms with van der Waals surface area (Å²) < 4.78 is 0. The van der Waals surface area contributed by atoms with E-state index in [9.17, 15) is 5.11 Å². The first-order valence-electron chi connectivity index (χ1n) is 10.2. The van der Waals surface area contributed by atoms with Gasteiger partial charge in [-0.25, -0.2) is 0 Å². The second kappa shape index (κ2) is 7.29. The van der Waals surface area contributed by atoms with Crippen LogP contribution in [0.15, 0.2) is 12.1 Å². The van der Waals surface area contributed by atoms with E-state index in [1.165, 1.54) is 0 Å². The van der Waals surface area contributed by atoms with Crippen LogP contribution in [0.3, 0.4) is 0 Å². The van der Waals surface area contributed by atoms with Crippen LogP contribution in [-0.4, -0.2) is 5.11 Å². The maximum Gasteiger partial charge on any atom is 0.123 e. The van der Waals surface area contributed by atoms with E-state index in [4.69, 9.17) is 11.6 Å². The highest BCUT2D eigenvalue weighted by Gasteiger charge is 2.36. The number of aromatic hydroxyl groups is 1. The highest BCUT2D eigenvalue weighted by molar-refractivity contribution is 6.23. The molecule has 0 bridgehead atoms. The van der Waals surface area contributed by atoms with Crippen molar-refractivity contribution in [3.8, 4) is 5.75 Å². The van der Waals surface area contributed by atoms with Gasteiger partial charge in [0.25, 0.3) is 0 Å². The van der Waals surface area contributed by atoms with Gasteiger partial charge in [0.1, 0.15) is 5.75 Å². The SMILES string of the molecule is CC(C)(C)CC(C)(C)c1cc(C(C)(C)Cl)cc(C(C)(C)CC(C)(C)C)c1O. The van der Waals surface area contributed by atoms with Crippen LogP contribution in [0.1, 0.15) is 113 Å². The second-order valence-corrected chi connectivity index (χ2v) is 13.6. The normalized spacial score (nSPS) is 14.6. The number of hydrogen-bond donors (Lipinski definition) is 1. The van der Waals surface area contributed by atoms with Crippen molar-refractivity contribution < 1.29 is 5.11 Å². The fourth-order valence-electron chi connectivity index (χ4n) is 4.85. The van der Waals surface area contributed by atoms with Crippen molar-refractivity contribution >= 4 is 11.6 Å². The first-order chi connectivity index (χ1) is 11.7. The number of hydrogen-bond acceptors (Lipinski definition) is 1. The van der Waals surface area contributed by atoms with Crippen LogP contribution in [0.4, 0.5) is 0 Å². The van der Waals surface area contributed by atoms with E-state index in [1.807, 2.05) is 13.8 Å². The molecule has 1 aromatic carbocycles. The predicted molar refractivity (Wildman–Crippen MR) is 121 cm³/mol. The number of phenolic OH excluding ortho intramolecular Hbond substituents is 1. The Morgan fingerprint density at radius 2 is 0.963 bits per heavy atom. The van der Waals surface area contributed by atoms with Crippen LogP contribution >= 0.6 is 11.6 Å². The Morgan fingerprint density at radius 3 is 1.19 bits per heavy atom. The van der Waals surface area contributed by atoms with Gasteiger partial charge >= 0.3 is 0 Å². The standard InChI is InChI=1S/C25H43ClO/c1-21(2,3)15-23(7,8)18-13-17(25(11,12)26)14-19(20(18)27)24(9,10)16-22(4,5)6/h13-14,27H,15-16H2,1-12H3. The smallest absolute Gasteiger partial charge is 0.123 e. The summed E-state index contributed by atoms with van der Waals surface area (Å²) in [5.74, 6) is 0.447. The van der Waals surface area contributed by atoms with Crippen LogP contribution in [0.5, 0.6) is 5.75 Å². The van der Waals surface area contributed by atoms with E-state index in [0.29, 0.717) is 5.75 Å². The van der Waals surface area contributed by atoms with Crippen LogP contribution in [0.25, 0.3) is 0 Å². The van der Waals surface area contributed by atoms with E-state index in [0.717, 1.165) is 29.5 Å². The molecule has 0 radical (unpaired) electrons. The van der Waals surface area contributed by atoms with Crippen LogP contribution in [0.2, 0.25) is 0 Å². The molecule has 2 heteroatoms. The molecule has 0 heterocycles. The molecule has 0 spiro atoms. The molecule has 1 aromatic rings. The van der Waals surface area contributed by atoms with Crippen molar-refractivity contribution in [1.29, 1.82) is 0 Å². The van der Waals surface area contributed by atoms with Crippen molar-refractivity contribution in [1.82, 2.24) is 0 Å². The molecule has 1 nitrogen and oxygen atoms in total. The van der Waals surface area contributed by atoms with Crippen LogP contribution in [-0.2, 0) is 15.7 Å². The lowest BCUT2D eigenvalue weighted by atomic mass is 9.67. The summed E-state index contributed by atoms with van der Waals surface area (Å²) >= 11 is 6.74. The van der Waals surface area contributed by atoms with Crippen molar-refractivity contribution in [3.63, 3.8) is 0 Å². The van der Waals surface area contributed by atoms with Crippen molar-refractivity contribution in [2.75, 3.05) is 0 Å². The van der Waals surface area contributed by atoms with Crippen molar-refractivity contribution in [3.05, 3.63) is 28.8 Å². The Kier molecular flexibility index (Phi) is 6.57. The maximum absolute atomic E-state index is 11.4. The Bertz CT molecular complexity index is 612. The molecule has 1 N–H and O–H groups in total. The molecule has 0 unspecified atom stereocenters. The highest BCUT2D eigenvalue weighted by atomic mass is 35.5. The summed E-state index contributed by atoms with van der Waals surface area (Å²) in [6, 6.07) is 4.26. The zero-order valence-electron chi connectivity index (χ0n) is 19.9. The summed E-state index contributed by atoms with van der Waals surface area (Å²) in [5, 5.41) is 11.4. The number of rotatable bonds is 5. The van der Waals surface area contributed by atoms with Crippen LogP contribution in [0, 0.1) is 10.8 Å². The molecule has 0 aromatic heterocycles. The minimum Gasteiger partial charge on any atom is -0.507 e. The van der Waals surface area contributed by atoms with Gasteiger partial charge in [0, 0.05) is 11.1 Å². The number of benzene rings is 1. The fourth-order valence-corrected chi connectivity index (χ4v) is 4.96. The predicted octanol–water partition coefficient (Wildman–Crippen LogP) is 8.29. The van der Waals surface area contributed by atoms with Crippen molar-refractivity contribution in [2.24, 2.45) is 10.8 Å². The van der Waals surface area contributed by atoms with Crippen molar-refractivity contribution in [2.45, 2.75) is 112 Å². The fraction of sp³-hybridized carbons (Fsp3) is 0.760. The van der Waals surface area contributed by atoms with Gasteiger partial charge in [0.05, 0.1) is 4.87 Å². The maximum atomic E-state index is 11.4. The Balaban J connectivity index is 3.72. The number of alkyl halides is 1. The molecule has 0 aliphatic rings. The number of phenols is 1. The van der Waals surface area contributed by atoms with Gasteiger partial charge in [-0.05, 0) is 66.0 Å². The molecule has 0 saturated heterocycles. The first kappa shape index (κ1) is 24.3. The lowest BCUT2D eigenvalue weighted by Gasteiger charge is -2.38. The quantitative estimate of drug-likeness (QED) is 0.498. The molecular weight excluding hydrogens is 352 g/mol. The first-order valence-corrected chi connectivity index (χ1v) is 10.6. The zero-order valence-corrected chi connectivity index (χ0v) is 20.7. The molecule has 0 aliphatic carbocycles. The molecule has 0 atom stereocenters. The minimum atomic E-state index is -0.479. The van der Waals surface area contributed by atoms with Gasteiger partial charge in [0.2, 0.25) is 0 Å². The summed E-state index contributed by atoms with van der Waals surface area (Å²) in [4.78, 5) is -0.479. The molecule has 0 saturated carbocycles. The van der Waals surface area contributed by atoms with E-state index in [1.54, 1.807) is 0 Å². The lowest BCUT2D eigenvalue weighted by Crippen LogP contribution is -2.29. The van der Waals surface area contributed by atoms with Gasteiger partial charge in [0.15, 0.2) is 0 Å². The summed E-state index contributed by atoms with van der Waals surface area (Å²) in [5.41, 5.74) is 3.16. The molecule has 0 fully saturated rings. The average molecular weight is 395 g/mol. The lowest BCUT2D eigenvalue weighted by molar-refractivity contribution is 0.267. The third kappa shape index (κ3) is 6.70. The minimum absolute atomic E-state index is 0.146. The zero-order chi connectivity index (χ0) is 21.6. The van der Waals surface area contributed by atoms with Gasteiger partial charge < -0.3 is 5.11 Å².